The zero-order chi connectivity index (χ0) is 9.30. The number of phenolic OH excluding ortho intramolecular Hbond substituents is 1. The molecule has 1 aromatic rings. The van der Waals surface area contributed by atoms with Gasteiger partial charge in [-0.3, -0.25) is 0 Å². The van der Waals surface area contributed by atoms with Crippen molar-refractivity contribution in [1.29, 1.82) is 0 Å². The van der Waals surface area contributed by atoms with Gasteiger partial charge < -0.3 is 10.8 Å². The molecule has 0 saturated carbocycles. The second kappa shape index (κ2) is 3.11. The summed E-state index contributed by atoms with van der Waals surface area (Å²) in [5, 5.41) is 9.10. The maximum absolute atomic E-state index is 13.1. The molecular weight excluding hydrogens is 157 g/mol. The molecule has 1 atom stereocenters. The van der Waals surface area contributed by atoms with Crippen molar-refractivity contribution < 1.29 is 9.50 Å². The topological polar surface area (TPSA) is 46.2 Å². The molecule has 12 heavy (non-hydrogen) atoms. The third-order valence-electron chi connectivity index (χ3n) is 1.72. The molecule has 0 aliphatic rings. The van der Waals surface area contributed by atoms with E-state index in [2.05, 4.69) is 0 Å². The average Bonchev–Trinajstić information content (AvgIpc) is 1.96. The van der Waals surface area contributed by atoms with Crippen LogP contribution in [0.4, 0.5) is 4.39 Å². The van der Waals surface area contributed by atoms with Crippen molar-refractivity contribution in [2.24, 2.45) is 5.73 Å². The fraction of sp³-hybridized carbons (Fsp3) is 0.333. The van der Waals surface area contributed by atoms with Crippen LogP contribution in [-0.4, -0.2) is 5.11 Å². The minimum Gasteiger partial charge on any atom is -0.505 e. The molecule has 66 valence electrons. The molecule has 0 fully saturated rings. The van der Waals surface area contributed by atoms with Crippen LogP contribution in [0.3, 0.4) is 0 Å². The lowest BCUT2D eigenvalue weighted by Crippen LogP contribution is -2.07. The molecule has 1 unspecified atom stereocenters. The Kier molecular flexibility index (Phi) is 2.33. The molecule has 1 rings (SSSR count). The largest absolute Gasteiger partial charge is 0.505 e. The molecule has 3 N–H and O–H groups in total. The van der Waals surface area contributed by atoms with Crippen LogP contribution in [0.1, 0.15) is 24.1 Å². The van der Waals surface area contributed by atoms with Gasteiger partial charge in [0.1, 0.15) is 0 Å². The van der Waals surface area contributed by atoms with Crippen molar-refractivity contribution in [3.63, 3.8) is 0 Å². The van der Waals surface area contributed by atoms with Gasteiger partial charge in [0.2, 0.25) is 0 Å². The quantitative estimate of drug-likeness (QED) is 0.674. The van der Waals surface area contributed by atoms with Gasteiger partial charge in [-0.1, -0.05) is 6.07 Å². The molecule has 0 aliphatic carbocycles. The molecule has 1 aromatic carbocycles. The Hall–Kier alpha value is -1.09. The van der Waals surface area contributed by atoms with Gasteiger partial charge in [0.15, 0.2) is 11.6 Å². The van der Waals surface area contributed by atoms with Gasteiger partial charge in [-0.25, -0.2) is 4.39 Å². The molecule has 3 heteroatoms. The number of hydrogen-bond acceptors (Lipinski definition) is 2. The van der Waals surface area contributed by atoms with Gasteiger partial charge >= 0.3 is 0 Å². The number of halogens is 1. The lowest BCUT2D eigenvalue weighted by atomic mass is 10.1. The molecule has 0 aliphatic heterocycles. The second-order valence-electron chi connectivity index (χ2n) is 2.98. The maximum Gasteiger partial charge on any atom is 0.169 e. The minimum atomic E-state index is -0.615. The van der Waals surface area contributed by atoms with Crippen LogP contribution in [0.5, 0.6) is 5.75 Å². The van der Waals surface area contributed by atoms with Gasteiger partial charge in [0.25, 0.3) is 0 Å². The lowest BCUT2D eigenvalue weighted by molar-refractivity contribution is 0.425. The second-order valence-corrected chi connectivity index (χ2v) is 2.98. The number of nitrogens with two attached hydrogens (primary N) is 1. The summed E-state index contributed by atoms with van der Waals surface area (Å²) in [6.45, 7) is 3.46. The van der Waals surface area contributed by atoms with Crippen molar-refractivity contribution in [2.75, 3.05) is 0 Å². The number of benzene rings is 1. The molecule has 0 spiro atoms. The Balaban J connectivity index is 3.28. The predicted molar refractivity (Wildman–Crippen MR) is 45.4 cm³/mol. The summed E-state index contributed by atoms with van der Waals surface area (Å²) in [4.78, 5) is 0. The first-order valence-electron chi connectivity index (χ1n) is 3.77. The molecule has 2 nitrogen and oxygen atoms in total. The van der Waals surface area contributed by atoms with Crippen LogP contribution >= 0.6 is 0 Å². The van der Waals surface area contributed by atoms with Crippen LogP contribution in [0, 0.1) is 12.7 Å². The maximum atomic E-state index is 13.1. The van der Waals surface area contributed by atoms with Crippen LogP contribution in [0.25, 0.3) is 0 Å². The van der Waals surface area contributed by atoms with E-state index < -0.39 is 11.9 Å². The summed E-state index contributed by atoms with van der Waals surface area (Å²) in [5.41, 5.74) is 6.66. The molecule has 0 heterocycles. The van der Waals surface area contributed by atoms with Gasteiger partial charge in [-0.2, -0.15) is 0 Å². The highest BCUT2D eigenvalue weighted by Crippen LogP contribution is 2.24. The van der Waals surface area contributed by atoms with Crippen LogP contribution in [-0.2, 0) is 0 Å². The SMILES string of the molecule is Cc1cc(O)c(F)c(C(C)N)c1. The first-order valence-corrected chi connectivity index (χ1v) is 3.77. The zero-order valence-corrected chi connectivity index (χ0v) is 7.13. The lowest BCUT2D eigenvalue weighted by Gasteiger charge is -2.09. The highest BCUT2D eigenvalue weighted by atomic mass is 19.1. The van der Waals surface area contributed by atoms with Crippen LogP contribution < -0.4 is 5.73 Å². The van der Waals surface area contributed by atoms with Crippen molar-refractivity contribution in [3.05, 3.63) is 29.1 Å². The van der Waals surface area contributed by atoms with Gasteiger partial charge in [-0.05, 0) is 25.5 Å². The van der Waals surface area contributed by atoms with E-state index in [4.69, 9.17) is 10.8 Å². The number of aryl methyl sites for hydroxylation is 1. The van der Waals surface area contributed by atoms with Crippen molar-refractivity contribution in [1.82, 2.24) is 0 Å². The monoisotopic (exact) mass is 169 g/mol. The average molecular weight is 169 g/mol. The summed E-state index contributed by atoms with van der Waals surface area (Å²) in [5.74, 6) is -0.946. The van der Waals surface area contributed by atoms with Crippen molar-refractivity contribution in [3.8, 4) is 5.75 Å². The van der Waals surface area contributed by atoms with E-state index in [1.165, 1.54) is 6.07 Å². The van der Waals surface area contributed by atoms with E-state index in [1.807, 2.05) is 0 Å². The van der Waals surface area contributed by atoms with E-state index in [-0.39, 0.29) is 5.75 Å². The van der Waals surface area contributed by atoms with Crippen LogP contribution in [0.15, 0.2) is 12.1 Å². The van der Waals surface area contributed by atoms with E-state index >= 15 is 0 Å². The molecule has 0 amide bonds. The highest BCUT2D eigenvalue weighted by molar-refractivity contribution is 5.36. The number of rotatable bonds is 1. The summed E-state index contributed by atoms with van der Waals surface area (Å²) in [7, 11) is 0. The minimum absolute atomic E-state index is 0.331. The van der Waals surface area contributed by atoms with Gasteiger partial charge in [0.05, 0.1) is 0 Å². The Bertz CT molecular complexity index is 297. The molecule has 0 saturated heterocycles. The van der Waals surface area contributed by atoms with E-state index in [0.29, 0.717) is 5.56 Å². The summed E-state index contributed by atoms with van der Waals surface area (Å²) < 4.78 is 13.1. The highest BCUT2D eigenvalue weighted by Gasteiger charge is 2.11. The number of hydrogen-bond donors (Lipinski definition) is 2. The number of aromatic hydroxyl groups is 1. The molecule has 0 aromatic heterocycles. The Morgan fingerprint density at radius 3 is 2.58 bits per heavy atom. The van der Waals surface area contributed by atoms with Gasteiger partial charge in [0, 0.05) is 11.6 Å². The summed E-state index contributed by atoms with van der Waals surface area (Å²) in [6.07, 6.45) is 0. The van der Waals surface area contributed by atoms with Crippen molar-refractivity contribution >= 4 is 0 Å². The smallest absolute Gasteiger partial charge is 0.169 e. The Labute approximate surface area is 70.8 Å². The van der Waals surface area contributed by atoms with E-state index in [0.717, 1.165) is 5.56 Å². The first kappa shape index (κ1) is 9.00. The predicted octanol–water partition coefficient (Wildman–Crippen LogP) is 1.86. The Morgan fingerprint density at radius 1 is 1.50 bits per heavy atom. The van der Waals surface area contributed by atoms with Crippen LogP contribution in [0.2, 0.25) is 0 Å². The summed E-state index contributed by atoms with van der Waals surface area (Å²) in [6, 6.07) is 2.62. The normalized spacial score (nSPS) is 13.0. The first-order chi connectivity index (χ1) is 5.52. The molecular formula is C9H12FNO. The number of phenols is 1. The zero-order valence-electron chi connectivity index (χ0n) is 7.13. The molecule has 0 bridgehead atoms. The third kappa shape index (κ3) is 1.56. The molecule has 0 radical (unpaired) electrons. The fourth-order valence-electron chi connectivity index (χ4n) is 1.11. The summed E-state index contributed by atoms with van der Waals surface area (Å²) >= 11 is 0. The Morgan fingerprint density at radius 2 is 2.08 bits per heavy atom. The fourth-order valence-corrected chi connectivity index (χ4v) is 1.11. The third-order valence-corrected chi connectivity index (χ3v) is 1.72. The van der Waals surface area contributed by atoms with Gasteiger partial charge in [-0.15, -0.1) is 0 Å². The standard InChI is InChI=1S/C9H12FNO/c1-5-3-7(6(2)11)9(10)8(12)4-5/h3-4,6,12H,11H2,1-2H3. The van der Waals surface area contributed by atoms with E-state index in [9.17, 15) is 4.39 Å². The van der Waals surface area contributed by atoms with Crippen molar-refractivity contribution in [2.45, 2.75) is 19.9 Å². The van der Waals surface area contributed by atoms with E-state index in [1.54, 1.807) is 19.9 Å².